The zero-order valence-electron chi connectivity index (χ0n) is 16.3. The van der Waals surface area contributed by atoms with Crippen molar-refractivity contribution in [2.45, 2.75) is 64.7 Å². The fraction of sp³-hybridized carbons (Fsp3) is 0.714. The van der Waals surface area contributed by atoms with Crippen LogP contribution in [0.2, 0.25) is 0 Å². The molecule has 1 aromatic rings. The lowest BCUT2D eigenvalue weighted by molar-refractivity contribution is -0.185. The molecule has 1 aromatic heterocycles. The van der Waals surface area contributed by atoms with Gasteiger partial charge in [-0.1, -0.05) is 19.9 Å². The van der Waals surface area contributed by atoms with E-state index in [1.807, 2.05) is 19.1 Å². The summed E-state index contributed by atoms with van der Waals surface area (Å²) in [6, 6.07) is 3.75. The predicted molar refractivity (Wildman–Crippen MR) is 101 cm³/mol. The molecular weight excluding hydrogens is 344 g/mol. The number of nitrogens with one attached hydrogen (secondary N) is 1. The number of nitrogens with zero attached hydrogens (tertiary/aromatic N) is 1. The van der Waals surface area contributed by atoms with E-state index < -0.39 is 17.6 Å². The highest BCUT2D eigenvalue weighted by atomic mass is 16.3. The number of hydrogen-bond acceptors (Lipinski definition) is 5. The topological polar surface area (TPSA) is 103 Å². The average Bonchev–Trinajstić information content (AvgIpc) is 2.67. The third-order valence-electron chi connectivity index (χ3n) is 7.33. The van der Waals surface area contributed by atoms with E-state index in [1.54, 1.807) is 12.4 Å². The van der Waals surface area contributed by atoms with Crippen LogP contribution < -0.4 is 5.32 Å². The van der Waals surface area contributed by atoms with Gasteiger partial charge in [0.05, 0.1) is 18.8 Å². The lowest BCUT2D eigenvalue weighted by Crippen LogP contribution is -2.60. The van der Waals surface area contributed by atoms with Gasteiger partial charge in [-0.25, -0.2) is 0 Å². The average molecular weight is 376 g/mol. The van der Waals surface area contributed by atoms with Crippen molar-refractivity contribution in [3.63, 3.8) is 0 Å². The molecule has 0 aliphatic heterocycles. The van der Waals surface area contributed by atoms with E-state index >= 15 is 0 Å². The Bertz CT molecular complexity index is 655. The molecule has 1 amide bonds. The van der Waals surface area contributed by atoms with E-state index in [9.17, 15) is 20.1 Å². The lowest BCUT2D eigenvalue weighted by atomic mass is 9.46. The highest BCUT2D eigenvalue weighted by molar-refractivity contribution is 5.76. The Balaban J connectivity index is 1.72. The molecule has 2 saturated carbocycles. The second-order valence-corrected chi connectivity index (χ2v) is 8.87. The Labute approximate surface area is 161 Å². The number of carbonyl (C=O) groups excluding carboxylic acids is 1. The molecule has 3 rings (SSSR count). The van der Waals surface area contributed by atoms with Gasteiger partial charge in [-0.3, -0.25) is 9.78 Å². The van der Waals surface area contributed by atoms with Crippen molar-refractivity contribution in [2.24, 2.45) is 22.7 Å². The zero-order valence-corrected chi connectivity index (χ0v) is 16.3. The Morgan fingerprint density at radius 1 is 1.30 bits per heavy atom. The fourth-order valence-electron chi connectivity index (χ4n) is 5.58. The molecule has 6 atom stereocenters. The van der Waals surface area contributed by atoms with E-state index in [1.165, 1.54) is 0 Å². The summed E-state index contributed by atoms with van der Waals surface area (Å²) in [5.41, 5.74) is 0.0743. The van der Waals surface area contributed by atoms with Crippen LogP contribution in [0.25, 0.3) is 0 Å². The molecule has 1 heterocycles. The van der Waals surface area contributed by atoms with Crippen LogP contribution in [0.4, 0.5) is 0 Å². The number of aliphatic hydroxyl groups is 3. The van der Waals surface area contributed by atoms with Crippen molar-refractivity contribution in [3.05, 3.63) is 30.1 Å². The van der Waals surface area contributed by atoms with Crippen LogP contribution in [0.3, 0.4) is 0 Å². The van der Waals surface area contributed by atoms with E-state index in [-0.39, 0.29) is 36.2 Å². The monoisotopic (exact) mass is 376 g/mol. The smallest absolute Gasteiger partial charge is 0.220 e. The SMILES string of the molecule is C[C@]1(CO)[C@@H]2CC[C@@H](O)[C@@H](CC(=O)NCc3cccnc3)[C@]2(C)CC[C@H]1O. The Kier molecular flexibility index (Phi) is 5.89. The normalized spacial score (nSPS) is 38.9. The molecule has 6 heteroatoms. The first kappa shape index (κ1) is 20.2. The number of hydrogen-bond donors (Lipinski definition) is 4. The van der Waals surface area contributed by atoms with E-state index in [4.69, 9.17) is 0 Å². The second kappa shape index (κ2) is 7.86. The molecule has 6 nitrogen and oxygen atoms in total. The van der Waals surface area contributed by atoms with Gasteiger partial charge in [-0.15, -0.1) is 0 Å². The van der Waals surface area contributed by atoms with Gasteiger partial charge in [0.2, 0.25) is 5.91 Å². The van der Waals surface area contributed by atoms with Crippen LogP contribution in [0.5, 0.6) is 0 Å². The summed E-state index contributed by atoms with van der Waals surface area (Å²) in [7, 11) is 0. The third kappa shape index (κ3) is 3.75. The molecule has 150 valence electrons. The maximum atomic E-state index is 12.6. The molecule has 27 heavy (non-hydrogen) atoms. The van der Waals surface area contributed by atoms with Gasteiger partial charge < -0.3 is 20.6 Å². The molecule has 0 spiro atoms. The van der Waals surface area contributed by atoms with Gasteiger partial charge in [0, 0.05) is 30.8 Å². The quantitative estimate of drug-likeness (QED) is 0.626. The molecular formula is C21H32N2O4. The van der Waals surface area contributed by atoms with Crippen LogP contribution in [0.1, 0.15) is 51.5 Å². The first-order valence-electron chi connectivity index (χ1n) is 9.94. The number of aliphatic hydroxyl groups excluding tert-OH is 3. The number of fused-ring (bicyclic) bond motifs is 1. The third-order valence-corrected chi connectivity index (χ3v) is 7.33. The minimum atomic E-state index is -0.586. The van der Waals surface area contributed by atoms with Crippen molar-refractivity contribution in [1.82, 2.24) is 10.3 Å². The molecule has 0 radical (unpaired) electrons. The van der Waals surface area contributed by atoms with Crippen LogP contribution in [-0.4, -0.2) is 45.0 Å². The highest BCUT2D eigenvalue weighted by Crippen LogP contribution is 2.60. The first-order valence-corrected chi connectivity index (χ1v) is 9.94. The highest BCUT2D eigenvalue weighted by Gasteiger charge is 2.58. The van der Waals surface area contributed by atoms with E-state index in [2.05, 4.69) is 17.2 Å². The molecule has 0 unspecified atom stereocenters. The number of rotatable bonds is 5. The number of pyridine rings is 1. The van der Waals surface area contributed by atoms with Gasteiger partial charge >= 0.3 is 0 Å². The van der Waals surface area contributed by atoms with Gasteiger partial charge in [0.25, 0.3) is 0 Å². The summed E-state index contributed by atoms with van der Waals surface area (Å²) in [6.45, 7) is 4.41. The molecule has 2 aliphatic carbocycles. The molecule has 0 bridgehead atoms. The standard InChI is InChI=1S/C21H32N2O4/c1-20-8-7-18(26)21(2,13-24)17(20)6-5-16(25)15(20)10-19(27)23-12-14-4-3-9-22-11-14/h3-4,9,11,15-18,24-26H,5-8,10,12-13H2,1-2H3,(H,23,27)/t15-,16-,17-,18-,20+,21+/m1/s1. The van der Waals surface area contributed by atoms with Gasteiger partial charge in [0.1, 0.15) is 0 Å². The minimum absolute atomic E-state index is 0.0789. The van der Waals surface area contributed by atoms with Crippen LogP contribution in [-0.2, 0) is 11.3 Å². The van der Waals surface area contributed by atoms with Crippen LogP contribution in [0.15, 0.2) is 24.5 Å². The minimum Gasteiger partial charge on any atom is -0.396 e. The van der Waals surface area contributed by atoms with Crippen molar-refractivity contribution >= 4 is 5.91 Å². The number of aromatic nitrogens is 1. The second-order valence-electron chi connectivity index (χ2n) is 8.87. The number of amides is 1. The maximum absolute atomic E-state index is 12.6. The predicted octanol–water partition coefficient (Wildman–Crippen LogP) is 1.63. The summed E-state index contributed by atoms with van der Waals surface area (Å²) in [5, 5.41) is 34.2. The largest absolute Gasteiger partial charge is 0.396 e. The molecule has 0 aromatic carbocycles. The van der Waals surface area contributed by atoms with Gasteiger partial charge in [-0.05, 0) is 54.6 Å². The summed E-state index contributed by atoms with van der Waals surface area (Å²) >= 11 is 0. The summed E-state index contributed by atoms with van der Waals surface area (Å²) in [4.78, 5) is 16.6. The van der Waals surface area contributed by atoms with Crippen molar-refractivity contribution in [1.29, 1.82) is 0 Å². The fourth-order valence-corrected chi connectivity index (χ4v) is 5.58. The van der Waals surface area contributed by atoms with Crippen molar-refractivity contribution in [2.75, 3.05) is 6.61 Å². The van der Waals surface area contributed by atoms with Crippen LogP contribution >= 0.6 is 0 Å². The Morgan fingerprint density at radius 2 is 2.07 bits per heavy atom. The van der Waals surface area contributed by atoms with Gasteiger partial charge in [0.15, 0.2) is 0 Å². The summed E-state index contributed by atoms with van der Waals surface area (Å²) in [5.74, 6) is -0.177. The van der Waals surface area contributed by atoms with Crippen molar-refractivity contribution in [3.8, 4) is 0 Å². The van der Waals surface area contributed by atoms with Crippen molar-refractivity contribution < 1.29 is 20.1 Å². The molecule has 2 fully saturated rings. The molecule has 4 N–H and O–H groups in total. The van der Waals surface area contributed by atoms with E-state index in [0.717, 1.165) is 18.4 Å². The number of carbonyl (C=O) groups is 1. The Morgan fingerprint density at radius 3 is 2.74 bits per heavy atom. The van der Waals surface area contributed by atoms with Crippen LogP contribution in [0, 0.1) is 22.7 Å². The summed E-state index contributed by atoms with van der Waals surface area (Å²) in [6.07, 6.45) is 5.30. The lowest BCUT2D eigenvalue weighted by Gasteiger charge is -2.60. The van der Waals surface area contributed by atoms with E-state index in [0.29, 0.717) is 19.4 Å². The molecule has 0 saturated heterocycles. The summed E-state index contributed by atoms with van der Waals surface area (Å²) < 4.78 is 0. The zero-order chi connectivity index (χ0) is 19.7. The maximum Gasteiger partial charge on any atom is 0.220 e. The first-order chi connectivity index (χ1) is 12.8. The Hall–Kier alpha value is -1.50. The van der Waals surface area contributed by atoms with Gasteiger partial charge in [-0.2, -0.15) is 0 Å². The molecule has 2 aliphatic rings.